The fraction of sp³-hybridized carbons (Fsp3) is 0.227. The zero-order valence-corrected chi connectivity index (χ0v) is 15.3. The molecule has 2 N–H and O–H groups in total. The maximum Gasteiger partial charge on any atom is 0.315 e. The van der Waals surface area contributed by atoms with Crippen LogP contribution < -0.4 is 15.5 Å². The minimum absolute atomic E-state index is 0.136. The Morgan fingerprint density at radius 1 is 0.885 bits per heavy atom. The molecule has 3 aromatic carbocycles. The second-order valence-electron chi connectivity index (χ2n) is 6.56. The van der Waals surface area contributed by atoms with E-state index in [0.29, 0.717) is 13.1 Å². The second-order valence-corrected chi connectivity index (χ2v) is 6.56. The number of amides is 2. The van der Waals surface area contributed by atoms with Gasteiger partial charge >= 0.3 is 6.03 Å². The number of rotatable bonds is 6. The van der Waals surface area contributed by atoms with Crippen LogP contribution in [0.3, 0.4) is 0 Å². The van der Waals surface area contributed by atoms with Gasteiger partial charge in [0.2, 0.25) is 0 Å². The first-order chi connectivity index (χ1) is 12.6. The van der Waals surface area contributed by atoms with E-state index in [1.807, 2.05) is 32.3 Å². The number of urea groups is 1. The molecule has 0 aromatic heterocycles. The van der Waals surface area contributed by atoms with Crippen LogP contribution in [0.5, 0.6) is 0 Å². The number of hydrogen-bond donors (Lipinski definition) is 2. The molecule has 134 valence electrons. The summed E-state index contributed by atoms with van der Waals surface area (Å²) in [5.74, 6) is 0. The van der Waals surface area contributed by atoms with Gasteiger partial charge < -0.3 is 15.5 Å². The number of nitrogens with one attached hydrogen (secondary N) is 2. The Balaban J connectivity index is 1.47. The SMILES string of the molecule is CN(C)c1ccc(CCNC(=O)NCc2cccc3ccccc23)cc1. The highest BCUT2D eigenvalue weighted by atomic mass is 16.2. The van der Waals surface area contributed by atoms with E-state index in [2.05, 4.69) is 64.1 Å². The maximum absolute atomic E-state index is 12.1. The predicted octanol–water partition coefficient (Wildman–Crippen LogP) is 3.95. The highest BCUT2D eigenvalue weighted by Gasteiger charge is 2.04. The summed E-state index contributed by atoms with van der Waals surface area (Å²) < 4.78 is 0. The van der Waals surface area contributed by atoms with Gasteiger partial charge in [-0.25, -0.2) is 4.79 Å². The van der Waals surface area contributed by atoms with E-state index >= 15 is 0 Å². The summed E-state index contributed by atoms with van der Waals surface area (Å²) in [6, 6.07) is 22.6. The quantitative estimate of drug-likeness (QED) is 0.709. The largest absolute Gasteiger partial charge is 0.378 e. The first-order valence-corrected chi connectivity index (χ1v) is 8.88. The number of carbonyl (C=O) groups excluding carboxylic acids is 1. The minimum atomic E-state index is -0.136. The molecule has 26 heavy (non-hydrogen) atoms. The minimum Gasteiger partial charge on any atom is -0.378 e. The number of nitrogens with zero attached hydrogens (tertiary/aromatic N) is 1. The van der Waals surface area contributed by atoms with Gasteiger partial charge in [0.25, 0.3) is 0 Å². The van der Waals surface area contributed by atoms with Crippen LogP contribution in [0.15, 0.2) is 66.7 Å². The van der Waals surface area contributed by atoms with Crippen LogP contribution in [0.1, 0.15) is 11.1 Å². The highest BCUT2D eigenvalue weighted by Crippen LogP contribution is 2.18. The summed E-state index contributed by atoms with van der Waals surface area (Å²) in [6.07, 6.45) is 0.815. The number of carbonyl (C=O) groups is 1. The van der Waals surface area contributed by atoms with Gasteiger partial charge in [0.05, 0.1) is 0 Å². The van der Waals surface area contributed by atoms with Crippen molar-refractivity contribution in [3.63, 3.8) is 0 Å². The van der Waals surface area contributed by atoms with Crippen molar-refractivity contribution < 1.29 is 4.79 Å². The zero-order chi connectivity index (χ0) is 18.4. The molecule has 0 atom stereocenters. The number of hydrogen-bond acceptors (Lipinski definition) is 2. The maximum atomic E-state index is 12.1. The third-order valence-electron chi connectivity index (χ3n) is 4.47. The van der Waals surface area contributed by atoms with Gasteiger partial charge in [-0.3, -0.25) is 0 Å². The summed E-state index contributed by atoms with van der Waals surface area (Å²) in [5, 5.41) is 8.24. The van der Waals surface area contributed by atoms with Crippen molar-refractivity contribution in [2.75, 3.05) is 25.5 Å². The average molecular weight is 347 g/mol. The van der Waals surface area contributed by atoms with Crippen molar-refractivity contribution in [3.8, 4) is 0 Å². The molecule has 4 heteroatoms. The van der Waals surface area contributed by atoms with Crippen LogP contribution in [-0.2, 0) is 13.0 Å². The van der Waals surface area contributed by atoms with Crippen LogP contribution in [-0.4, -0.2) is 26.7 Å². The van der Waals surface area contributed by atoms with Gasteiger partial charge in [-0.2, -0.15) is 0 Å². The number of anilines is 1. The van der Waals surface area contributed by atoms with Crippen LogP contribution in [0.25, 0.3) is 10.8 Å². The smallest absolute Gasteiger partial charge is 0.315 e. The zero-order valence-electron chi connectivity index (χ0n) is 15.3. The summed E-state index contributed by atoms with van der Waals surface area (Å²) in [7, 11) is 4.05. The van der Waals surface area contributed by atoms with Gasteiger partial charge in [0.1, 0.15) is 0 Å². The monoisotopic (exact) mass is 347 g/mol. The van der Waals surface area contributed by atoms with Crippen LogP contribution in [0.4, 0.5) is 10.5 Å². The van der Waals surface area contributed by atoms with E-state index in [4.69, 9.17) is 0 Å². The molecule has 0 aliphatic carbocycles. The molecule has 0 saturated carbocycles. The third-order valence-corrected chi connectivity index (χ3v) is 4.47. The van der Waals surface area contributed by atoms with Gasteiger partial charge in [-0.15, -0.1) is 0 Å². The molecule has 0 fully saturated rings. The summed E-state index contributed by atoms with van der Waals surface area (Å²) in [6.45, 7) is 1.13. The number of fused-ring (bicyclic) bond motifs is 1. The molecule has 0 bridgehead atoms. The van der Waals surface area contributed by atoms with Gasteiger partial charge in [-0.1, -0.05) is 54.6 Å². The number of benzene rings is 3. The molecule has 2 amide bonds. The molecule has 0 unspecified atom stereocenters. The molecule has 3 aromatic rings. The Morgan fingerprint density at radius 3 is 2.38 bits per heavy atom. The van der Waals surface area contributed by atoms with E-state index < -0.39 is 0 Å². The molecule has 0 spiro atoms. The first kappa shape index (κ1) is 17.8. The van der Waals surface area contributed by atoms with Crippen LogP contribution in [0, 0.1) is 0 Å². The van der Waals surface area contributed by atoms with Crippen molar-refractivity contribution >= 4 is 22.5 Å². The molecular formula is C22H25N3O. The van der Waals surface area contributed by atoms with Crippen LogP contribution >= 0.6 is 0 Å². The topological polar surface area (TPSA) is 44.4 Å². The van der Waals surface area contributed by atoms with Crippen molar-refractivity contribution in [1.82, 2.24) is 10.6 Å². The fourth-order valence-corrected chi connectivity index (χ4v) is 2.97. The highest BCUT2D eigenvalue weighted by molar-refractivity contribution is 5.86. The normalized spacial score (nSPS) is 10.5. The standard InChI is InChI=1S/C22H25N3O/c1-25(2)20-12-10-17(11-13-20)14-15-23-22(26)24-16-19-8-5-7-18-6-3-4-9-21(18)19/h3-13H,14-16H2,1-2H3,(H2,23,24,26). The lowest BCUT2D eigenvalue weighted by atomic mass is 10.0. The molecule has 0 aliphatic rings. The summed E-state index contributed by atoms with van der Waals surface area (Å²) in [5.41, 5.74) is 3.51. The lowest BCUT2D eigenvalue weighted by Gasteiger charge is -2.13. The molecule has 0 saturated heterocycles. The predicted molar refractivity (Wildman–Crippen MR) is 109 cm³/mol. The van der Waals surface area contributed by atoms with Crippen LogP contribution in [0.2, 0.25) is 0 Å². The Hall–Kier alpha value is -3.01. The molecule has 0 aliphatic heterocycles. The van der Waals surface area contributed by atoms with Gasteiger partial charge in [0, 0.05) is 32.9 Å². The molecule has 3 rings (SSSR count). The second kappa shape index (κ2) is 8.39. The van der Waals surface area contributed by atoms with Crippen molar-refractivity contribution in [1.29, 1.82) is 0 Å². The van der Waals surface area contributed by atoms with E-state index in [-0.39, 0.29) is 6.03 Å². The summed E-state index contributed by atoms with van der Waals surface area (Å²) in [4.78, 5) is 14.1. The van der Waals surface area contributed by atoms with Crippen molar-refractivity contribution in [2.45, 2.75) is 13.0 Å². The Kier molecular flexibility index (Phi) is 5.74. The van der Waals surface area contributed by atoms with E-state index in [1.54, 1.807) is 0 Å². The lowest BCUT2D eigenvalue weighted by Crippen LogP contribution is -2.36. The Bertz CT molecular complexity index is 867. The first-order valence-electron chi connectivity index (χ1n) is 8.88. The molecule has 4 nitrogen and oxygen atoms in total. The van der Waals surface area contributed by atoms with E-state index in [0.717, 1.165) is 12.0 Å². The fourth-order valence-electron chi connectivity index (χ4n) is 2.97. The molecule has 0 radical (unpaired) electrons. The van der Waals surface area contributed by atoms with E-state index in [9.17, 15) is 4.79 Å². The van der Waals surface area contributed by atoms with Crippen molar-refractivity contribution in [2.24, 2.45) is 0 Å². The lowest BCUT2D eigenvalue weighted by molar-refractivity contribution is 0.240. The summed E-state index contributed by atoms with van der Waals surface area (Å²) >= 11 is 0. The van der Waals surface area contributed by atoms with Gasteiger partial charge in [0.15, 0.2) is 0 Å². The third kappa shape index (κ3) is 4.54. The Morgan fingerprint density at radius 2 is 1.62 bits per heavy atom. The van der Waals surface area contributed by atoms with Crippen molar-refractivity contribution in [3.05, 3.63) is 77.9 Å². The Labute approximate surface area is 154 Å². The van der Waals surface area contributed by atoms with E-state index in [1.165, 1.54) is 22.0 Å². The average Bonchev–Trinajstić information content (AvgIpc) is 2.66. The van der Waals surface area contributed by atoms with Gasteiger partial charge in [-0.05, 0) is 40.5 Å². The molecule has 0 heterocycles. The molecular weight excluding hydrogens is 322 g/mol.